The van der Waals surface area contributed by atoms with Gasteiger partial charge in [-0.05, 0) is 44.7 Å². The Kier molecular flexibility index (Phi) is 5.37. The fraction of sp³-hybridized carbons (Fsp3) is 0.364. The van der Waals surface area contributed by atoms with Crippen LogP contribution >= 0.6 is 11.6 Å². The predicted molar refractivity (Wildman–Crippen MR) is 112 cm³/mol. The van der Waals surface area contributed by atoms with Gasteiger partial charge in [-0.25, -0.2) is 15.0 Å². The Balaban J connectivity index is 1.51. The number of aromatic nitrogens is 3. The van der Waals surface area contributed by atoms with Crippen molar-refractivity contribution in [2.45, 2.75) is 26.7 Å². The van der Waals surface area contributed by atoms with E-state index in [9.17, 15) is 4.79 Å². The summed E-state index contributed by atoms with van der Waals surface area (Å²) in [6.07, 6.45) is 13.3. The maximum atomic E-state index is 13.0. The number of nitrogens with one attached hydrogen (secondary N) is 1. The Morgan fingerprint density at radius 1 is 1.34 bits per heavy atom. The molecule has 0 spiro atoms. The van der Waals surface area contributed by atoms with E-state index >= 15 is 0 Å². The van der Waals surface area contributed by atoms with E-state index in [0.29, 0.717) is 29.0 Å². The molecule has 1 amide bonds. The number of nitrogens with zero attached hydrogens (tertiary/aromatic N) is 3. The summed E-state index contributed by atoms with van der Waals surface area (Å²) in [6.45, 7) is 4.19. The third-order valence-corrected chi connectivity index (χ3v) is 5.91. The molecular weight excluding hydrogens is 388 g/mol. The van der Waals surface area contributed by atoms with E-state index in [0.717, 1.165) is 18.5 Å². The van der Waals surface area contributed by atoms with Crippen LogP contribution in [0.2, 0.25) is 5.02 Å². The number of rotatable bonds is 6. The zero-order valence-corrected chi connectivity index (χ0v) is 17.2. The summed E-state index contributed by atoms with van der Waals surface area (Å²) in [5.74, 6) is 1.86. The second-order valence-corrected chi connectivity index (χ2v) is 8.09. The zero-order chi connectivity index (χ0) is 20.4. The van der Waals surface area contributed by atoms with Crippen molar-refractivity contribution in [1.29, 1.82) is 0 Å². The number of hydrogen-bond donors (Lipinski definition) is 1. The van der Waals surface area contributed by atoms with Crippen LogP contribution in [0.4, 0.5) is 5.82 Å². The van der Waals surface area contributed by atoms with Gasteiger partial charge in [-0.15, -0.1) is 0 Å². The smallest absolute Gasteiger partial charge is 0.229 e. The summed E-state index contributed by atoms with van der Waals surface area (Å²) in [5.41, 5.74) is 0.540. The summed E-state index contributed by atoms with van der Waals surface area (Å²) in [4.78, 5) is 25.7. The third kappa shape index (κ3) is 4.17. The SMILES string of the molecule is Cc1ncc(OC[C@@]2(C3C=CC=CC3)C[C@H]2C(=O)Nc2cc(Cl)ccn2)c(C)n1. The van der Waals surface area contributed by atoms with Crippen molar-refractivity contribution in [2.75, 3.05) is 11.9 Å². The van der Waals surface area contributed by atoms with Crippen LogP contribution in [0.15, 0.2) is 48.8 Å². The highest BCUT2D eigenvalue weighted by Crippen LogP contribution is 2.60. The van der Waals surface area contributed by atoms with Crippen molar-refractivity contribution in [3.05, 3.63) is 65.4 Å². The number of ether oxygens (including phenoxy) is 1. The van der Waals surface area contributed by atoms with Crippen LogP contribution in [0.3, 0.4) is 0 Å². The molecule has 0 radical (unpaired) electrons. The third-order valence-electron chi connectivity index (χ3n) is 5.68. The zero-order valence-electron chi connectivity index (χ0n) is 16.4. The molecule has 2 aliphatic carbocycles. The summed E-state index contributed by atoms with van der Waals surface area (Å²) in [7, 11) is 0. The first-order valence-corrected chi connectivity index (χ1v) is 10.0. The molecule has 3 atom stereocenters. The number of allylic oxidation sites excluding steroid dienone is 4. The molecule has 6 nitrogen and oxygen atoms in total. The molecule has 0 bridgehead atoms. The van der Waals surface area contributed by atoms with E-state index in [-0.39, 0.29) is 23.2 Å². The quantitative estimate of drug-likeness (QED) is 0.768. The van der Waals surface area contributed by atoms with Gasteiger partial charge in [0.1, 0.15) is 11.6 Å². The van der Waals surface area contributed by atoms with E-state index in [1.807, 2.05) is 26.0 Å². The molecule has 2 heterocycles. The molecule has 29 heavy (non-hydrogen) atoms. The molecule has 2 aromatic rings. The Labute approximate surface area is 175 Å². The Hall–Kier alpha value is -2.73. The highest BCUT2D eigenvalue weighted by molar-refractivity contribution is 6.30. The van der Waals surface area contributed by atoms with E-state index in [1.54, 1.807) is 24.5 Å². The minimum atomic E-state index is -0.263. The molecule has 2 aromatic heterocycles. The van der Waals surface area contributed by atoms with Gasteiger partial charge in [-0.2, -0.15) is 0 Å². The Morgan fingerprint density at radius 3 is 2.93 bits per heavy atom. The molecule has 150 valence electrons. The number of anilines is 1. The van der Waals surface area contributed by atoms with Crippen molar-refractivity contribution in [3.8, 4) is 5.75 Å². The summed E-state index contributed by atoms with van der Waals surface area (Å²) < 4.78 is 6.12. The van der Waals surface area contributed by atoms with Crippen LogP contribution in [0, 0.1) is 31.1 Å². The lowest BCUT2D eigenvalue weighted by Gasteiger charge is -2.26. The van der Waals surface area contributed by atoms with Gasteiger partial charge in [-0.3, -0.25) is 4.79 Å². The van der Waals surface area contributed by atoms with Crippen LogP contribution in [-0.4, -0.2) is 27.5 Å². The largest absolute Gasteiger partial charge is 0.489 e. The average Bonchev–Trinajstić information content (AvgIpc) is 3.44. The lowest BCUT2D eigenvalue weighted by atomic mass is 9.82. The van der Waals surface area contributed by atoms with Gasteiger partial charge in [0.2, 0.25) is 5.91 Å². The summed E-state index contributed by atoms with van der Waals surface area (Å²) >= 11 is 6.00. The molecule has 0 saturated heterocycles. The highest BCUT2D eigenvalue weighted by Gasteiger charge is 2.62. The van der Waals surface area contributed by atoms with Gasteiger partial charge in [0.25, 0.3) is 0 Å². The number of pyridine rings is 1. The van der Waals surface area contributed by atoms with Crippen LogP contribution in [-0.2, 0) is 4.79 Å². The van der Waals surface area contributed by atoms with Gasteiger partial charge >= 0.3 is 0 Å². The monoisotopic (exact) mass is 410 g/mol. The molecule has 7 heteroatoms. The second-order valence-electron chi connectivity index (χ2n) is 7.65. The number of halogens is 1. The number of aryl methyl sites for hydroxylation is 2. The van der Waals surface area contributed by atoms with Gasteiger partial charge in [0.15, 0.2) is 5.75 Å². The lowest BCUT2D eigenvalue weighted by Crippen LogP contribution is -2.29. The fourth-order valence-electron chi connectivity index (χ4n) is 3.97. The molecule has 0 aliphatic heterocycles. The van der Waals surface area contributed by atoms with E-state index in [1.165, 1.54) is 0 Å². The number of amides is 1. The number of hydrogen-bond acceptors (Lipinski definition) is 5. The second kappa shape index (κ2) is 7.95. The summed E-state index contributed by atoms with van der Waals surface area (Å²) in [6, 6.07) is 3.33. The minimum Gasteiger partial charge on any atom is -0.489 e. The first-order chi connectivity index (χ1) is 14.0. The molecule has 4 rings (SSSR count). The molecule has 0 aromatic carbocycles. The lowest BCUT2D eigenvalue weighted by molar-refractivity contribution is -0.118. The Bertz CT molecular complexity index is 991. The van der Waals surface area contributed by atoms with Crippen molar-refractivity contribution in [2.24, 2.45) is 17.3 Å². The van der Waals surface area contributed by atoms with Crippen molar-refractivity contribution in [3.63, 3.8) is 0 Å². The van der Waals surface area contributed by atoms with Gasteiger partial charge < -0.3 is 10.1 Å². The fourth-order valence-corrected chi connectivity index (χ4v) is 4.13. The van der Waals surface area contributed by atoms with E-state index in [2.05, 4.69) is 32.4 Å². The number of carbonyl (C=O) groups is 1. The first-order valence-electron chi connectivity index (χ1n) is 9.67. The van der Waals surface area contributed by atoms with Crippen LogP contribution in [0.1, 0.15) is 24.4 Å². The maximum Gasteiger partial charge on any atom is 0.229 e. The molecule has 1 fully saturated rings. The molecule has 1 saturated carbocycles. The highest BCUT2D eigenvalue weighted by atomic mass is 35.5. The van der Waals surface area contributed by atoms with Crippen molar-refractivity contribution < 1.29 is 9.53 Å². The summed E-state index contributed by atoms with van der Waals surface area (Å²) in [5, 5.41) is 3.44. The van der Waals surface area contributed by atoms with E-state index in [4.69, 9.17) is 16.3 Å². The maximum absolute atomic E-state index is 13.0. The molecular formula is C22H23ClN4O2. The van der Waals surface area contributed by atoms with Crippen LogP contribution in [0.5, 0.6) is 5.75 Å². The van der Waals surface area contributed by atoms with Crippen LogP contribution < -0.4 is 10.1 Å². The normalized spacial score (nSPS) is 24.9. The van der Waals surface area contributed by atoms with Gasteiger partial charge in [-0.1, -0.05) is 35.9 Å². The van der Waals surface area contributed by atoms with E-state index < -0.39 is 0 Å². The molecule has 1 unspecified atom stereocenters. The minimum absolute atomic E-state index is 0.0526. The molecule has 2 aliphatic rings. The van der Waals surface area contributed by atoms with Crippen molar-refractivity contribution in [1.82, 2.24) is 15.0 Å². The number of carbonyl (C=O) groups excluding carboxylic acids is 1. The molecule has 1 N–H and O–H groups in total. The average molecular weight is 411 g/mol. The van der Waals surface area contributed by atoms with Gasteiger partial charge in [0, 0.05) is 22.6 Å². The Morgan fingerprint density at radius 2 is 2.21 bits per heavy atom. The van der Waals surface area contributed by atoms with Crippen molar-refractivity contribution >= 4 is 23.3 Å². The predicted octanol–water partition coefficient (Wildman–Crippen LogP) is 4.30. The first kappa shape index (κ1) is 19.6. The van der Waals surface area contributed by atoms with Crippen LogP contribution in [0.25, 0.3) is 0 Å². The standard InChI is InChI=1S/C22H23ClN4O2/c1-14-19(12-25-15(2)26-14)29-13-22(16-6-4-3-5-7-16)11-18(22)21(28)27-20-10-17(23)8-9-24-20/h3-6,8-10,12,16,18H,7,11,13H2,1-2H3,(H,24,27,28)/t16?,18-,22+/m0/s1. The van der Waals surface area contributed by atoms with Gasteiger partial charge in [0.05, 0.1) is 18.5 Å². The topological polar surface area (TPSA) is 77.0 Å².